The third-order valence-corrected chi connectivity index (χ3v) is 2.98. The molecule has 1 aromatic carbocycles. The molecule has 0 saturated heterocycles. The highest BCUT2D eigenvalue weighted by Gasteiger charge is 2.11. The van der Waals surface area contributed by atoms with Gasteiger partial charge in [-0.15, -0.1) is 0 Å². The van der Waals surface area contributed by atoms with E-state index in [2.05, 4.69) is 10.3 Å². The Morgan fingerprint density at radius 3 is 2.78 bits per heavy atom. The molecule has 5 heteroatoms. The summed E-state index contributed by atoms with van der Waals surface area (Å²) >= 11 is 6.08. The number of carbonyl (C=O) groups excluding carboxylic acids is 1. The predicted molar refractivity (Wildman–Crippen MR) is 72.8 cm³/mol. The largest absolute Gasteiger partial charge is 0.384 e. The molecule has 0 spiro atoms. The second-order valence-electron chi connectivity index (χ2n) is 3.86. The summed E-state index contributed by atoms with van der Waals surface area (Å²) in [6.07, 6.45) is 1.50. The maximum absolute atomic E-state index is 12.0. The fourth-order valence-corrected chi connectivity index (χ4v) is 1.71. The smallest absolute Gasteiger partial charge is 0.257 e. The van der Waals surface area contributed by atoms with Crippen LogP contribution in [-0.4, -0.2) is 10.9 Å². The number of rotatable bonds is 2. The summed E-state index contributed by atoms with van der Waals surface area (Å²) in [6.45, 7) is 1.85. The van der Waals surface area contributed by atoms with Crippen molar-refractivity contribution in [2.24, 2.45) is 0 Å². The Hall–Kier alpha value is -2.07. The Bertz CT molecular complexity index is 581. The lowest BCUT2D eigenvalue weighted by molar-refractivity contribution is 0.102. The van der Waals surface area contributed by atoms with E-state index in [1.54, 1.807) is 24.3 Å². The van der Waals surface area contributed by atoms with Gasteiger partial charge in [0.2, 0.25) is 0 Å². The molecule has 92 valence electrons. The molecular formula is C13H12ClN3O. The minimum Gasteiger partial charge on any atom is -0.384 e. The minimum absolute atomic E-state index is 0.268. The number of nitrogens with two attached hydrogens (primary N) is 1. The van der Waals surface area contributed by atoms with Gasteiger partial charge in [-0.1, -0.05) is 23.7 Å². The van der Waals surface area contributed by atoms with Crippen molar-refractivity contribution in [3.8, 4) is 0 Å². The van der Waals surface area contributed by atoms with Crippen molar-refractivity contribution in [2.75, 3.05) is 11.1 Å². The van der Waals surface area contributed by atoms with Crippen molar-refractivity contribution < 1.29 is 4.79 Å². The van der Waals surface area contributed by atoms with E-state index in [1.165, 1.54) is 6.20 Å². The van der Waals surface area contributed by atoms with Crippen LogP contribution in [0.15, 0.2) is 36.5 Å². The molecule has 4 nitrogen and oxygen atoms in total. The standard InChI is InChI=1S/C13H12ClN3O/c1-8-3-2-4-10(12(8)14)13(18)17-9-5-6-11(15)16-7-9/h2-7H,1H3,(H2,15,16)(H,17,18). The zero-order valence-electron chi connectivity index (χ0n) is 9.77. The molecule has 0 bridgehead atoms. The van der Waals surface area contributed by atoms with Crippen molar-refractivity contribution in [3.05, 3.63) is 52.7 Å². The van der Waals surface area contributed by atoms with Gasteiger partial charge in [0.15, 0.2) is 0 Å². The zero-order chi connectivity index (χ0) is 13.1. The number of aromatic nitrogens is 1. The second kappa shape index (κ2) is 5.06. The summed E-state index contributed by atoms with van der Waals surface area (Å²) in [5.74, 6) is 0.136. The first-order valence-corrected chi connectivity index (χ1v) is 5.73. The van der Waals surface area contributed by atoms with Gasteiger partial charge in [0.25, 0.3) is 5.91 Å². The zero-order valence-corrected chi connectivity index (χ0v) is 10.5. The van der Waals surface area contributed by atoms with Crippen LogP contribution in [0.5, 0.6) is 0 Å². The molecular weight excluding hydrogens is 250 g/mol. The molecule has 3 N–H and O–H groups in total. The molecule has 0 fully saturated rings. The van der Waals surface area contributed by atoms with Crippen LogP contribution in [0.2, 0.25) is 5.02 Å². The third kappa shape index (κ3) is 2.60. The molecule has 0 aliphatic carbocycles. The molecule has 18 heavy (non-hydrogen) atoms. The quantitative estimate of drug-likeness (QED) is 0.873. The average molecular weight is 262 g/mol. The molecule has 2 aromatic rings. The SMILES string of the molecule is Cc1cccc(C(=O)Nc2ccc(N)nc2)c1Cl. The number of hydrogen-bond acceptors (Lipinski definition) is 3. The second-order valence-corrected chi connectivity index (χ2v) is 4.24. The summed E-state index contributed by atoms with van der Waals surface area (Å²) < 4.78 is 0. The van der Waals surface area contributed by atoms with Gasteiger partial charge in [-0.25, -0.2) is 4.98 Å². The highest BCUT2D eigenvalue weighted by molar-refractivity contribution is 6.35. The Kier molecular flexibility index (Phi) is 3.48. The van der Waals surface area contributed by atoms with Crippen LogP contribution >= 0.6 is 11.6 Å². The molecule has 0 aliphatic heterocycles. The number of halogens is 1. The van der Waals surface area contributed by atoms with Gasteiger partial charge in [-0.2, -0.15) is 0 Å². The van der Waals surface area contributed by atoms with Crippen LogP contribution in [0.25, 0.3) is 0 Å². The molecule has 0 unspecified atom stereocenters. The summed E-state index contributed by atoms with van der Waals surface area (Å²) in [7, 11) is 0. The van der Waals surface area contributed by atoms with Crippen LogP contribution < -0.4 is 11.1 Å². The molecule has 0 aliphatic rings. The summed E-state index contributed by atoms with van der Waals surface area (Å²) in [4.78, 5) is 15.9. The van der Waals surface area contributed by atoms with Crippen molar-refractivity contribution in [1.82, 2.24) is 4.98 Å². The van der Waals surface area contributed by atoms with Crippen LogP contribution in [0.1, 0.15) is 15.9 Å². The lowest BCUT2D eigenvalue weighted by Gasteiger charge is -2.08. The highest BCUT2D eigenvalue weighted by Crippen LogP contribution is 2.21. The van der Waals surface area contributed by atoms with Gasteiger partial charge < -0.3 is 11.1 Å². The fraction of sp³-hybridized carbons (Fsp3) is 0.0769. The summed E-state index contributed by atoms with van der Waals surface area (Å²) in [6, 6.07) is 8.62. The van der Waals surface area contributed by atoms with E-state index in [1.807, 2.05) is 13.0 Å². The topological polar surface area (TPSA) is 68.0 Å². The number of nitrogens with one attached hydrogen (secondary N) is 1. The summed E-state index contributed by atoms with van der Waals surface area (Å²) in [5, 5.41) is 3.17. The van der Waals surface area contributed by atoms with E-state index in [-0.39, 0.29) is 5.91 Å². The number of amides is 1. The number of benzene rings is 1. The number of anilines is 2. The van der Waals surface area contributed by atoms with Crippen LogP contribution in [0.3, 0.4) is 0 Å². The van der Waals surface area contributed by atoms with Gasteiger partial charge in [-0.3, -0.25) is 4.79 Å². The number of nitrogen functional groups attached to an aromatic ring is 1. The maximum Gasteiger partial charge on any atom is 0.257 e. The number of carbonyl (C=O) groups is 1. The molecule has 0 saturated carbocycles. The first kappa shape index (κ1) is 12.4. The Labute approximate surface area is 110 Å². The third-order valence-electron chi connectivity index (χ3n) is 2.48. The van der Waals surface area contributed by atoms with Gasteiger partial charge in [0.1, 0.15) is 5.82 Å². The van der Waals surface area contributed by atoms with E-state index in [9.17, 15) is 4.79 Å². The Morgan fingerprint density at radius 2 is 2.11 bits per heavy atom. The number of pyridine rings is 1. The van der Waals surface area contributed by atoms with Crippen LogP contribution in [0.4, 0.5) is 11.5 Å². The van der Waals surface area contributed by atoms with Gasteiger partial charge >= 0.3 is 0 Å². The average Bonchev–Trinajstić information content (AvgIpc) is 2.35. The van der Waals surface area contributed by atoms with E-state index >= 15 is 0 Å². The molecule has 0 radical (unpaired) electrons. The number of aryl methyl sites for hydroxylation is 1. The molecule has 1 aromatic heterocycles. The first-order valence-electron chi connectivity index (χ1n) is 5.36. The molecule has 2 rings (SSSR count). The maximum atomic E-state index is 12.0. The number of hydrogen-bond donors (Lipinski definition) is 2. The van der Waals surface area contributed by atoms with Crippen LogP contribution in [-0.2, 0) is 0 Å². The molecule has 1 heterocycles. The van der Waals surface area contributed by atoms with Crippen molar-refractivity contribution in [2.45, 2.75) is 6.92 Å². The van der Waals surface area contributed by atoms with E-state index < -0.39 is 0 Å². The van der Waals surface area contributed by atoms with Crippen molar-refractivity contribution in [1.29, 1.82) is 0 Å². The van der Waals surface area contributed by atoms with E-state index in [0.717, 1.165) is 5.56 Å². The van der Waals surface area contributed by atoms with E-state index in [4.69, 9.17) is 17.3 Å². The fourth-order valence-electron chi connectivity index (χ4n) is 1.50. The van der Waals surface area contributed by atoms with Gasteiger partial charge in [-0.05, 0) is 30.7 Å². The van der Waals surface area contributed by atoms with E-state index in [0.29, 0.717) is 22.1 Å². The monoisotopic (exact) mass is 261 g/mol. The van der Waals surface area contributed by atoms with Crippen molar-refractivity contribution in [3.63, 3.8) is 0 Å². The van der Waals surface area contributed by atoms with Crippen molar-refractivity contribution >= 4 is 29.0 Å². The predicted octanol–water partition coefficient (Wildman–Crippen LogP) is 2.88. The lowest BCUT2D eigenvalue weighted by Crippen LogP contribution is -2.13. The molecule has 0 atom stereocenters. The Morgan fingerprint density at radius 1 is 1.33 bits per heavy atom. The summed E-state index contributed by atoms with van der Waals surface area (Å²) in [5.41, 5.74) is 7.34. The first-order chi connectivity index (χ1) is 8.58. The van der Waals surface area contributed by atoms with Crippen LogP contribution in [0, 0.1) is 6.92 Å². The normalized spacial score (nSPS) is 10.1. The minimum atomic E-state index is -0.268. The number of nitrogens with zero attached hydrogens (tertiary/aromatic N) is 1. The lowest BCUT2D eigenvalue weighted by atomic mass is 10.1. The van der Waals surface area contributed by atoms with Gasteiger partial charge in [0.05, 0.1) is 22.5 Å². The highest BCUT2D eigenvalue weighted by atomic mass is 35.5. The van der Waals surface area contributed by atoms with Gasteiger partial charge in [0, 0.05) is 0 Å². The molecule has 1 amide bonds. The Balaban J connectivity index is 2.22.